The van der Waals surface area contributed by atoms with Gasteiger partial charge < -0.3 is 9.80 Å². The lowest BCUT2D eigenvalue weighted by Gasteiger charge is -2.38. The van der Waals surface area contributed by atoms with Gasteiger partial charge >= 0.3 is 0 Å². The van der Waals surface area contributed by atoms with Gasteiger partial charge in [-0.05, 0) is 49.9 Å². The van der Waals surface area contributed by atoms with E-state index >= 15 is 0 Å². The maximum Gasteiger partial charge on any atom is 0.168 e. The Balaban J connectivity index is 1.44. The standard InChI is InChI=1S/C19H22FN3O/c20-14-5-7-15(8-6-14)22-9-11-23(12-10-22)19-13-18(24)16-3-1-2-4-17(16)21-19/h5-8H,1-4,9-13H2. The topological polar surface area (TPSA) is 35.9 Å². The number of amidine groups is 1. The lowest BCUT2D eigenvalue weighted by Crippen LogP contribution is -2.49. The number of Topliss-reactive ketones (excluding diaryl/α,β-unsaturated/α-hetero) is 1. The second kappa shape index (κ2) is 6.38. The van der Waals surface area contributed by atoms with Crippen molar-refractivity contribution in [3.8, 4) is 0 Å². The van der Waals surface area contributed by atoms with Crippen LogP contribution in [0, 0.1) is 5.82 Å². The van der Waals surface area contributed by atoms with Gasteiger partial charge in [-0.25, -0.2) is 9.38 Å². The average Bonchev–Trinajstić information content (AvgIpc) is 2.62. The van der Waals surface area contributed by atoms with Gasteiger partial charge in [-0.1, -0.05) is 0 Å². The van der Waals surface area contributed by atoms with Gasteiger partial charge in [0.2, 0.25) is 0 Å². The molecule has 24 heavy (non-hydrogen) atoms. The first-order chi connectivity index (χ1) is 11.7. The van der Waals surface area contributed by atoms with Crippen molar-refractivity contribution in [1.82, 2.24) is 4.90 Å². The summed E-state index contributed by atoms with van der Waals surface area (Å²) in [6.45, 7) is 3.44. The van der Waals surface area contributed by atoms with Crippen LogP contribution in [0.5, 0.6) is 0 Å². The molecule has 5 heteroatoms. The van der Waals surface area contributed by atoms with Crippen LogP contribution in [0.3, 0.4) is 0 Å². The first-order valence-corrected chi connectivity index (χ1v) is 8.79. The number of ketones is 1. The molecule has 0 unspecified atom stereocenters. The fourth-order valence-corrected chi connectivity index (χ4v) is 3.82. The number of aliphatic imine (C=N–C) groups is 1. The molecule has 0 bridgehead atoms. The Morgan fingerprint density at radius 3 is 2.33 bits per heavy atom. The first-order valence-electron chi connectivity index (χ1n) is 8.79. The highest BCUT2D eigenvalue weighted by Crippen LogP contribution is 2.31. The van der Waals surface area contributed by atoms with Gasteiger partial charge in [0, 0.05) is 43.1 Å². The number of benzene rings is 1. The van der Waals surface area contributed by atoms with E-state index in [2.05, 4.69) is 9.80 Å². The second-order valence-electron chi connectivity index (χ2n) is 6.71. The molecular formula is C19H22FN3O. The predicted octanol–water partition coefficient (Wildman–Crippen LogP) is 3.15. The van der Waals surface area contributed by atoms with Crippen molar-refractivity contribution in [2.45, 2.75) is 32.1 Å². The minimum atomic E-state index is -0.205. The van der Waals surface area contributed by atoms with E-state index in [9.17, 15) is 9.18 Å². The number of hydrogen-bond acceptors (Lipinski definition) is 4. The highest BCUT2D eigenvalue weighted by molar-refractivity contribution is 6.11. The average molecular weight is 327 g/mol. The quantitative estimate of drug-likeness (QED) is 0.795. The molecule has 1 fully saturated rings. The van der Waals surface area contributed by atoms with Crippen molar-refractivity contribution in [1.29, 1.82) is 0 Å². The molecule has 3 aliphatic rings. The normalized spacial score (nSPS) is 21.7. The molecule has 0 N–H and O–H groups in total. The van der Waals surface area contributed by atoms with Gasteiger partial charge in [0.1, 0.15) is 11.7 Å². The highest BCUT2D eigenvalue weighted by Gasteiger charge is 2.29. The number of piperazine rings is 1. The predicted molar refractivity (Wildman–Crippen MR) is 92.7 cm³/mol. The zero-order valence-electron chi connectivity index (χ0n) is 13.8. The van der Waals surface area contributed by atoms with E-state index in [1.807, 2.05) is 12.1 Å². The number of allylic oxidation sites excluding steroid dienone is 2. The molecule has 1 aliphatic carbocycles. The molecule has 0 saturated carbocycles. The van der Waals surface area contributed by atoms with Gasteiger partial charge in [0.25, 0.3) is 0 Å². The van der Waals surface area contributed by atoms with Gasteiger partial charge in [-0.15, -0.1) is 0 Å². The van der Waals surface area contributed by atoms with E-state index in [1.165, 1.54) is 12.1 Å². The van der Waals surface area contributed by atoms with Crippen molar-refractivity contribution in [2.24, 2.45) is 4.99 Å². The molecule has 0 atom stereocenters. The molecule has 0 amide bonds. The third-order valence-corrected chi connectivity index (χ3v) is 5.19. The molecule has 0 radical (unpaired) electrons. The molecular weight excluding hydrogens is 305 g/mol. The second-order valence-corrected chi connectivity index (χ2v) is 6.71. The summed E-state index contributed by atoms with van der Waals surface area (Å²) in [5.41, 5.74) is 3.07. The van der Waals surface area contributed by atoms with Crippen LogP contribution in [-0.2, 0) is 4.79 Å². The number of rotatable bonds is 1. The summed E-state index contributed by atoms with van der Waals surface area (Å²) in [6, 6.07) is 6.66. The summed E-state index contributed by atoms with van der Waals surface area (Å²) < 4.78 is 13.1. The third-order valence-electron chi connectivity index (χ3n) is 5.19. The van der Waals surface area contributed by atoms with E-state index in [-0.39, 0.29) is 11.6 Å². The lowest BCUT2D eigenvalue weighted by atomic mass is 9.90. The molecule has 2 aliphatic heterocycles. The summed E-state index contributed by atoms with van der Waals surface area (Å²) in [7, 11) is 0. The molecule has 2 heterocycles. The Bertz CT molecular complexity index is 700. The number of hydrogen-bond donors (Lipinski definition) is 0. The Morgan fingerprint density at radius 2 is 1.58 bits per heavy atom. The molecule has 1 aromatic carbocycles. The van der Waals surface area contributed by atoms with Crippen molar-refractivity contribution >= 4 is 17.3 Å². The van der Waals surface area contributed by atoms with Crippen LogP contribution < -0.4 is 4.90 Å². The molecule has 1 saturated heterocycles. The zero-order chi connectivity index (χ0) is 16.5. The van der Waals surface area contributed by atoms with E-state index in [1.54, 1.807) is 0 Å². The number of carbonyl (C=O) groups excluding carboxylic acids is 1. The fourth-order valence-electron chi connectivity index (χ4n) is 3.82. The summed E-state index contributed by atoms with van der Waals surface area (Å²) >= 11 is 0. The molecule has 4 nitrogen and oxygen atoms in total. The van der Waals surface area contributed by atoms with Crippen molar-refractivity contribution < 1.29 is 9.18 Å². The van der Waals surface area contributed by atoms with Crippen LogP contribution in [-0.4, -0.2) is 42.7 Å². The number of carbonyl (C=O) groups is 1. The largest absolute Gasteiger partial charge is 0.368 e. The molecule has 0 spiro atoms. The first kappa shape index (κ1) is 15.4. The van der Waals surface area contributed by atoms with Crippen LogP contribution >= 0.6 is 0 Å². The monoisotopic (exact) mass is 327 g/mol. The minimum Gasteiger partial charge on any atom is -0.368 e. The Kier molecular flexibility index (Phi) is 4.08. The lowest BCUT2D eigenvalue weighted by molar-refractivity contribution is -0.115. The highest BCUT2D eigenvalue weighted by atomic mass is 19.1. The minimum absolute atomic E-state index is 0.205. The summed E-state index contributed by atoms with van der Waals surface area (Å²) in [4.78, 5) is 21.7. The Hall–Kier alpha value is -2.17. The zero-order valence-corrected chi connectivity index (χ0v) is 13.8. The van der Waals surface area contributed by atoms with Crippen LogP contribution in [0.4, 0.5) is 10.1 Å². The summed E-state index contributed by atoms with van der Waals surface area (Å²) in [5.74, 6) is 1.01. The van der Waals surface area contributed by atoms with Crippen LogP contribution in [0.25, 0.3) is 0 Å². The molecule has 0 aromatic heterocycles. The van der Waals surface area contributed by atoms with Gasteiger partial charge in [-0.3, -0.25) is 4.79 Å². The third kappa shape index (κ3) is 2.95. The molecule has 4 rings (SSSR count). The number of nitrogens with zero attached hydrogens (tertiary/aromatic N) is 3. The molecule has 126 valence electrons. The summed E-state index contributed by atoms with van der Waals surface area (Å²) in [5, 5.41) is 0. The maximum absolute atomic E-state index is 13.1. The maximum atomic E-state index is 13.1. The molecule has 1 aromatic rings. The number of halogens is 1. The van der Waals surface area contributed by atoms with Crippen LogP contribution in [0.2, 0.25) is 0 Å². The van der Waals surface area contributed by atoms with E-state index < -0.39 is 0 Å². The number of anilines is 1. The van der Waals surface area contributed by atoms with Crippen molar-refractivity contribution in [3.05, 3.63) is 41.4 Å². The van der Waals surface area contributed by atoms with Gasteiger partial charge in [0.05, 0.1) is 6.42 Å². The van der Waals surface area contributed by atoms with Gasteiger partial charge in [-0.2, -0.15) is 0 Å². The fraction of sp³-hybridized carbons (Fsp3) is 0.474. The van der Waals surface area contributed by atoms with Crippen molar-refractivity contribution in [3.63, 3.8) is 0 Å². The van der Waals surface area contributed by atoms with E-state index in [0.29, 0.717) is 6.42 Å². The Morgan fingerprint density at radius 1 is 0.917 bits per heavy atom. The van der Waals surface area contributed by atoms with E-state index in [0.717, 1.165) is 74.7 Å². The van der Waals surface area contributed by atoms with Crippen molar-refractivity contribution in [2.75, 3.05) is 31.1 Å². The SMILES string of the molecule is O=C1CC(N2CCN(c3ccc(F)cc3)CC2)=NC2=C1CCCC2. The van der Waals surface area contributed by atoms with E-state index in [4.69, 9.17) is 4.99 Å². The smallest absolute Gasteiger partial charge is 0.168 e. The van der Waals surface area contributed by atoms with Crippen LogP contribution in [0.1, 0.15) is 32.1 Å². The summed E-state index contributed by atoms with van der Waals surface area (Å²) in [6.07, 6.45) is 4.56. The Labute approximate surface area is 141 Å². The van der Waals surface area contributed by atoms with Gasteiger partial charge in [0.15, 0.2) is 5.78 Å². The van der Waals surface area contributed by atoms with Crippen LogP contribution in [0.15, 0.2) is 40.5 Å².